The molecule has 2 N–H and O–H groups in total. The lowest BCUT2D eigenvalue weighted by atomic mass is 9.93. The maximum absolute atomic E-state index is 10.4. The predicted molar refractivity (Wildman–Crippen MR) is 119 cm³/mol. The molecular formula is C24H23ClN2O3. The van der Waals surface area contributed by atoms with E-state index in [1.165, 1.54) is 0 Å². The zero-order chi connectivity index (χ0) is 21.1. The molecule has 0 aromatic heterocycles. The Morgan fingerprint density at radius 3 is 2.40 bits per heavy atom. The highest BCUT2D eigenvalue weighted by Gasteiger charge is 2.28. The summed E-state index contributed by atoms with van der Waals surface area (Å²) in [7, 11) is 3.23. The Morgan fingerprint density at radius 2 is 1.70 bits per heavy atom. The smallest absolute Gasteiger partial charge is 0.161 e. The van der Waals surface area contributed by atoms with Crippen LogP contribution in [0.4, 0.5) is 0 Å². The maximum Gasteiger partial charge on any atom is 0.161 e. The van der Waals surface area contributed by atoms with Crippen molar-refractivity contribution in [3.8, 4) is 17.2 Å². The normalized spacial score (nSPS) is 18.6. The number of nitrogens with one attached hydrogen (secondary N) is 1. The molecule has 3 aromatic rings. The summed E-state index contributed by atoms with van der Waals surface area (Å²) in [5, 5.41) is 14.7. The van der Waals surface area contributed by atoms with Crippen LogP contribution in [0.3, 0.4) is 0 Å². The molecule has 0 fully saturated rings. The van der Waals surface area contributed by atoms with E-state index in [1.807, 2.05) is 60.7 Å². The lowest BCUT2D eigenvalue weighted by molar-refractivity contribution is 0.355. The lowest BCUT2D eigenvalue weighted by Crippen LogP contribution is -2.33. The van der Waals surface area contributed by atoms with Gasteiger partial charge in [0.1, 0.15) is 11.9 Å². The number of methoxy groups -OCH3 is 2. The third kappa shape index (κ3) is 4.13. The van der Waals surface area contributed by atoms with Crippen molar-refractivity contribution in [2.24, 2.45) is 4.99 Å². The van der Waals surface area contributed by atoms with Crippen LogP contribution in [0.15, 0.2) is 71.7 Å². The number of halogens is 1. The van der Waals surface area contributed by atoms with Crippen LogP contribution in [0, 0.1) is 0 Å². The van der Waals surface area contributed by atoms with Gasteiger partial charge in [-0.25, -0.2) is 0 Å². The number of hydrogen-bond acceptors (Lipinski definition) is 5. The fraction of sp³-hybridized carbons (Fsp3) is 0.208. The fourth-order valence-corrected chi connectivity index (χ4v) is 3.82. The number of ether oxygens (including phenoxy) is 2. The van der Waals surface area contributed by atoms with Crippen molar-refractivity contribution < 1.29 is 14.6 Å². The quantitative estimate of drug-likeness (QED) is 0.586. The van der Waals surface area contributed by atoms with E-state index in [9.17, 15) is 5.11 Å². The number of rotatable bonds is 5. The van der Waals surface area contributed by atoms with Crippen LogP contribution in [-0.4, -0.2) is 25.0 Å². The van der Waals surface area contributed by atoms with E-state index < -0.39 is 0 Å². The molecule has 2 unspecified atom stereocenters. The van der Waals surface area contributed by atoms with Crippen LogP contribution in [0.1, 0.15) is 35.3 Å². The van der Waals surface area contributed by atoms with Crippen molar-refractivity contribution in [3.05, 3.63) is 88.4 Å². The van der Waals surface area contributed by atoms with Crippen molar-refractivity contribution in [1.29, 1.82) is 0 Å². The molecule has 0 bridgehead atoms. The molecular weight excluding hydrogens is 400 g/mol. The third-order valence-corrected chi connectivity index (χ3v) is 5.51. The van der Waals surface area contributed by atoms with Crippen LogP contribution in [0.25, 0.3) is 0 Å². The minimum Gasteiger partial charge on any atom is -0.508 e. The summed E-state index contributed by atoms with van der Waals surface area (Å²) in [4.78, 5) is 4.97. The summed E-state index contributed by atoms with van der Waals surface area (Å²) in [6.07, 6.45) is 0.348. The summed E-state index contributed by atoms with van der Waals surface area (Å²) < 4.78 is 10.8. The van der Waals surface area contributed by atoms with Gasteiger partial charge in [-0.05, 0) is 47.5 Å². The van der Waals surface area contributed by atoms with Gasteiger partial charge in [0.2, 0.25) is 0 Å². The van der Waals surface area contributed by atoms with E-state index >= 15 is 0 Å². The standard InChI is InChI=1S/C24H23ClN2O3/c1-29-22-12-9-16(13-23(22)30-2)19-14-20(18-5-3-4-6-21(18)28)27-24(26-19)15-7-10-17(25)11-8-15/h3-13,20,24,27-28H,14H2,1-2H3. The Balaban J connectivity index is 1.77. The highest BCUT2D eigenvalue weighted by Crippen LogP contribution is 2.36. The first-order valence-corrected chi connectivity index (χ1v) is 10.1. The van der Waals surface area contributed by atoms with Gasteiger partial charge in [0.15, 0.2) is 11.5 Å². The summed E-state index contributed by atoms with van der Waals surface area (Å²) in [6, 6.07) is 20.7. The van der Waals surface area contributed by atoms with Crippen molar-refractivity contribution in [1.82, 2.24) is 5.32 Å². The molecule has 4 rings (SSSR count). The molecule has 5 nitrogen and oxygen atoms in total. The van der Waals surface area contributed by atoms with E-state index in [4.69, 9.17) is 26.1 Å². The summed E-state index contributed by atoms with van der Waals surface area (Å²) in [5.41, 5.74) is 3.71. The Kier molecular flexibility index (Phi) is 5.93. The minimum atomic E-state index is -0.274. The number of aromatic hydroxyl groups is 1. The SMILES string of the molecule is COc1ccc(C2=NC(c3ccc(Cl)cc3)NC(c3ccccc3O)C2)cc1OC. The van der Waals surface area contributed by atoms with Crippen LogP contribution < -0.4 is 14.8 Å². The van der Waals surface area contributed by atoms with Crippen molar-refractivity contribution in [2.45, 2.75) is 18.6 Å². The molecule has 30 heavy (non-hydrogen) atoms. The molecule has 3 aromatic carbocycles. The second-order valence-electron chi connectivity index (χ2n) is 7.08. The van der Waals surface area contributed by atoms with E-state index in [1.54, 1.807) is 20.3 Å². The van der Waals surface area contributed by atoms with Crippen molar-refractivity contribution >= 4 is 17.3 Å². The first-order chi connectivity index (χ1) is 14.6. The topological polar surface area (TPSA) is 63.1 Å². The molecule has 0 saturated carbocycles. The Hall–Kier alpha value is -3.02. The summed E-state index contributed by atoms with van der Waals surface area (Å²) in [5.74, 6) is 1.58. The maximum atomic E-state index is 10.4. The van der Waals surface area contributed by atoms with Gasteiger partial charge < -0.3 is 14.6 Å². The summed E-state index contributed by atoms with van der Waals surface area (Å²) >= 11 is 6.07. The first kappa shape index (κ1) is 20.3. The molecule has 0 spiro atoms. The predicted octanol–water partition coefficient (Wildman–Crippen LogP) is 5.29. The van der Waals surface area contributed by atoms with Gasteiger partial charge in [-0.1, -0.05) is 41.9 Å². The van der Waals surface area contributed by atoms with Crippen LogP contribution in [-0.2, 0) is 0 Å². The molecule has 6 heteroatoms. The van der Waals surface area contributed by atoms with Crippen LogP contribution in [0.5, 0.6) is 17.2 Å². The lowest BCUT2D eigenvalue weighted by Gasteiger charge is -2.31. The number of nitrogens with zero attached hydrogens (tertiary/aromatic N) is 1. The number of para-hydroxylation sites is 1. The number of hydrogen-bond donors (Lipinski definition) is 2. The average Bonchev–Trinajstić information content (AvgIpc) is 2.79. The molecule has 0 amide bonds. The highest BCUT2D eigenvalue weighted by atomic mass is 35.5. The second kappa shape index (κ2) is 8.78. The van der Waals surface area contributed by atoms with Crippen LogP contribution >= 0.6 is 11.6 Å². The molecule has 1 heterocycles. The van der Waals surface area contributed by atoms with E-state index in [-0.39, 0.29) is 18.0 Å². The first-order valence-electron chi connectivity index (χ1n) is 9.67. The Morgan fingerprint density at radius 1 is 0.967 bits per heavy atom. The zero-order valence-corrected chi connectivity index (χ0v) is 17.6. The second-order valence-corrected chi connectivity index (χ2v) is 7.52. The minimum absolute atomic E-state index is 0.104. The molecule has 1 aliphatic heterocycles. The molecule has 2 atom stereocenters. The van der Waals surface area contributed by atoms with Gasteiger partial charge in [0.25, 0.3) is 0 Å². The monoisotopic (exact) mass is 422 g/mol. The third-order valence-electron chi connectivity index (χ3n) is 5.26. The fourth-order valence-electron chi connectivity index (χ4n) is 3.69. The van der Waals surface area contributed by atoms with E-state index in [0.717, 1.165) is 22.4 Å². The van der Waals surface area contributed by atoms with Crippen molar-refractivity contribution in [2.75, 3.05) is 14.2 Å². The summed E-state index contributed by atoms with van der Waals surface area (Å²) in [6.45, 7) is 0. The van der Waals surface area contributed by atoms with Gasteiger partial charge in [-0.15, -0.1) is 0 Å². The highest BCUT2D eigenvalue weighted by molar-refractivity contribution is 6.30. The Labute approximate surface area is 180 Å². The molecule has 0 aliphatic carbocycles. The number of benzene rings is 3. The molecule has 1 aliphatic rings. The van der Waals surface area contributed by atoms with Gasteiger partial charge in [0, 0.05) is 28.8 Å². The van der Waals surface area contributed by atoms with E-state index in [0.29, 0.717) is 22.9 Å². The molecule has 0 saturated heterocycles. The van der Waals surface area contributed by atoms with Crippen LogP contribution in [0.2, 0.25) is 5.02 Å². The zero-order valence-electron chi connectivity index (χ0n) is 16.8. The molecule has 0 radical (unpaired) electrons. The van der Waals surface area contributed by atoms with Gasteiger partial charge in [0.05, 0.1) is 14.2 Å². The number of aliphatic imine (C=N–C) groups is 1. The number of phenols is 1. The largest absolute Gasteiger partial charge is 0.508 e. The van der Waals surface area contributed by atoms with Crippen molar-refractivity contribution in [3.63, 3.8) is 0 Å². The molecule has 154 valence electrons. The Bertz CT molecular complexity index is 1070. The van der Waals surface area contributed by atoms with Gasteiger partial charge in [-0.2, -0.15) is 0 Å². The number of phenolic OH excluding ortho intramolecular Hbond substituents is 1. The average molecular weight is 423 g/mol. The van der Waals surface area contributed by atoms with Gasteiger partial charge >= 0.3 is 0 Å². The van der Waals surface area contributed by atoms with Gasteiger partial charge in [-0.3, -0.25) is 10.3 Å². The van der Waals surface area contributed by atoms with E-state index in [2.05, 4.69) is 5.32 Å².